The first-order chi connectivity index (χ1) is 17.7. The van der Waals surface area contributed by atoms with Crippen molar-refractivity contribution in [2.75, 3.05) is 18.5 Å². The van der Waals surface area contributed by atoms with E-state index >= 15 is 0 Å². The summed E-state index contributed by atoms with van der Waals surface area (Å²) in [7, 11) is 0. The lowest BCUT2D eigenvalue weighted by molar-refractivity contribution is -0.158. The predicted octanol–water partition coefficient (Wildman–Crippen LogP) is 5.00. The zero-order valence-corrected chi connectivity index (χ0v) is 22.2. The van der Waals surface area contributed by atoms with Crippen molar-refractivity contribution in [2.24, 2.45) is 0 Å². The fraction of sp³-hybridized carbons (Fsp3) is 0.357. The number of furan rings is 1. The summed E-state index contributed by atoms with van der Waals surface area (Å²) in [4.78, 5) is 37.1. The largest absolute Gasteiger partial charge is 0.478 e. The van der Waals surface area contributed by atoms with E-state index in [2.05, 4.69) is 5.32 Å². The lowest BCUT2D eigenvalue weighted by Gasteiger charge is -2.21. The molecule has 200 valence electrons. The molecule has 3 aromatic rings. The van der Waals surface area contributed by atoms with E-state index in [1.165, 1.54) is 18.2 Å². The third kappa shape index (κ3) is 8.27. The highest BCUT2D eigenvalue weighted by Crippen LogP contribution is 2.31. The summed E-state index contributed by atoms with van der Waals surface area (Å²) in [6.45, 7) is 9.59. The van der Waals surface area contributed by atoms with Crippen molar-refractivity contribution in [1.29, 1.82) is 5.26 Å². The summed E-state index contributed by atoms with van der Waals surface area (Å²) in [5.74, 6) is -1.44. The Morgan fingerprint density at radius 2 is 1.45 bits per heavy atom. The van der Waals surface area contributed by atoms with Crippen LogP contribution >= 0.6 is 0 Å². The van der Waals surface area contributed by atoms with Crippen LogP contribution in [0.3, 0.4) is 0 Å². The zero-order valence-electron chi connectivity index (χ0n) is 22.2. The van der Waals surface area contributed by atoms with E-state index in [4.69, 9.17) is 28.6 Å². The SMILES string of the molecule is CC(C)(C)OC(=O)COc1ccc(NC(=O)c2cc3cc(C#N)ccc3o2)cc1OCC(=O)OC(C)(C)C. The Morgan fingerprint density at radius 1 is 0.842 bits per heavy atom. The molecule has 0 saturated carbocycles. The molecule has 0 spiro atoms. The van der Waals surface area contributed by atoms with E-state index < -0.39 is 42.3 Å². The van der Waals surface area contributed by atoms with Crippen LogP contribution in [0.1, 0.15) is 57.7 Å². The third-order valence-corrected chi connectivity index (χ3v) is 4.60. The van der Waals surface area contributed by atoms with Crippen LogP contribution in [0.5, 0.6) is 11.5 Å². The van der Waals surface area contributed by atoms with Crippen molar-refractivity contribution < 1.29 is 37.7 Å². The van der Waals surface area contributed by atoms with Crippen molar-refractivity contribution >= 4 is 34.5 Å². The lowest BCUT2D eigenvalue weighted by atomic mass is 10.2. The van der Waals surface area contributed by atoms with Crippen LogP contribution in [0.25, 0.3) is 11.0 Å². The molecule has 38 heavy (non-hydrogen) atoms. The number of nitrogens with zero attached hydrogens (tertiary/aromatic N) is 1. The Bertz CT molecular complexity index is 1390. The number of carbonyl (C=O) groups is 3. The van der Waals surface area contributed by atoms with Gasteiger partial charge in [-0.2, -0.15) is 5.26 Å². The summed E-state index contributed by atoms with van der Waals surface area (Å²) < 4.78 is 27.3. The molecule has 0 saturated heterocycles. The van der Waals surface area contributed by atoms with Crippen LogP contribution in [0.2, 0.25) is 0 Å². The number of nitrogens with one attached hydrogen (secondary N) is 1. The Morgan fingerprint density at radius 3 is 2.03 bits per heavy atom. The monoisotopic (exact) mass is 522 g/mol. The molecular weight excluding hydrogens is 492 g/mol. The van der Waals surface area contributed by atoms with E-state index in [0.717, 1.165) is 0 Å². The molecule has 0 atom stereocenters. The first-order valence-electron chi connectivity index (χ1n) is 11.8. The number of hydrogen-bond acceptors (Lipinski definition) is 9. The molecule has 0 bridgehead atoms. The molecule has 1 heterocycles. The Hall–Kier alpha value is -4.52. The Balaban J connectivity index is 1.78. The molecule has 1 amide bonds. The van der Waals surface area contributed by atoms with Crippen molar-refractivity contribution in [1.82, 2.24) is 0 Å². The first-order valence-corrected chi connectivity index (χ1v) is 11.8. The smallest absolute Gasteiger partial charge is 0.344 e. The number of hydrogen-bond donors (Lipinski definition) is 1. The van der Waals surface area contributed by atoms with Crippen LogP contribution in [0.15, 0.2) is 46.9 Å². The van der Waals surface area contributed by atoms with Gasteiger partial charge in [-0.05, 0) is 77.9 Å². The highest BCUT2D eigenvalue weighted by Gasteiger charge is 2.20. The molecule has 0 aliphatic heterocycles. The summed E-state index contributed by atoms with van der Waals surface area (Å²) in [5.41, 5.74) is -0.165. The van der Waals surface area contributed by atoms with Gasteiger partial charge in [0.2, 0.25) is 0 Å². The summed E-state index contributed by atoms with van der Waals surface area (Å²) in [6, 6.07) is 12.9. The van der Waals surface area contributed by atoms with Gasteiger partial charge in [-0.1, -0.05) is 0 Å². The minimum Gasteiger partial charge on any atom is -0.478 e. The maximum Gasteiger partial charge on any atom is 0.344 e. The fourth-order valence-corrected chi connectivity index (χ4v) is 3.25. The number of ether oxygens (including phenoxy) is 4. The van der Waals surface area contributed by atoms with Gasteiger partial charge < -0.3 is 28.7 Å². The van der Waals surface area contributed by atoms with E-state index in [0.29, 0.717) is 22.2 Å². The number of carbonyl (C=O) groups excluding carboxylic acids is 3. The van der Waals surface area contributed by atoms with Gasteiger partial charge in [-0.3, -0.25) is 4.79 Å². The summed E-state index contributed by atoms with van der Waals surface area (Å²) >= 11 is 0. The molecule has 1 N–H and O–H groups in total. The van der Waals surface area contributed by atoms with Crippen LogP contribution in [-0.2, 0) is 19.1 Å². The molecule has 10 heteroatoms. The molecule has 0 unspecified atom stereocenters. The second-order valence-corrected chi connectivity index (χ2v) is 10.3. The van der Waals surface area contributed by atoms with Gasteiger partial charge in [0.05, 0.1) is 11.6 Å². The van der Waals surface area contributed by atoms with E-state index in [1.807, 2.05) is 6.07 Å². The second-order valence-electron chi connectivity index (χ2n) is 10.3. The third-order valence-electron chi connectivity index (χ3n) is 4.60. The Kier molecular flexibility index (Phi) is 8.31. The van der Waals surface area contributed by atoms with Crippen LogP contribution in [0, 0.1) is 11.3 Å². The van der Waals surface area contributed by atoms with E-state index in [1.54, 1.807) is 65.8 Å². The van der Waals surface area contributed by atoms with Gasteiger partial charge >= 0.3 is 11.9 Å². The van der Waals surface area contributed by atoms with Gasteiger partial charge in [-0.15, -0.1) is 0 Å². The van der Waals surface area contributed by atoms with Gasteiger partial charge in [0.25, 0.3) is 5.91 Å². The number of esters is 2. The van der Waals surface area contributed by atoms with Crippen LogP contribution in [-0.4, -0.2) is 42.3 Å². The molecule has 1 aromatic heterocycles. The van der Waals surface area contributed by atoms with Gasteiger partial charge in [-0.25, -0.2) is 9.59 Å². The lowest BCUT2D eigenvalue weighted by Crippen LogP contribution is -2.28. The van der Waals surface area contributed by atoms with E-state index in [-0.39, 0.29) is 17.3 Å². The maximum absolute atomic E-state index is 12.8. The summed E-state index contributed by atoms with van der Waals surface area (Å²) in [6.07, 6.45) is 0. The highest BCUT2D eigenvalue weighted by molar-refractivity contribution is 6.04. The highest BCUT2D eigenvalue weighted by atomic mass is 16.6. The molecule has 2 aromatic carbocycles. The van der Waals surface area contributed by atoms with Crippen molar-refractivity contribution in [3.05, 3.63) is 53.8 Å². The number of fused-ring (bicyclic) bond motifs is 1. The number of benzene rings is 2. The minimum atomic E-state index is -0.701. The molecule has 3 rings (SSSR count). The predicted molar refractivity (Wildman–Crippen MR) is 138 cm³/mol. The zero-order chi connectivity index (χ0) is 28.1. The van der Waals surface area contributed by atoms with Crippen molar-refractivity contribution in [3.63, 3.8) is 0 Å². The average Bonchev–Trinajstić information content (AvgIpc) is 3.23. The van der Waals surface area contributed by atoms with Gasteiger partial charge in [0.1, 0.15) is 16.8 Å². The topological polar surface area (TPSA) is 137 Å². The quantitative estimate of drug-likeness (QED) is 0.405. The summed E-state index contributed by atoms with van der Waals surface area (Å²) in [5, 5.41) is 12.4. The number of amides is 1. The molecule has 0 fully saturated rings. The fourth-order valence-electron chi connectivity index (χ4n) is 3.25. The van der Waals surface area contributed by atoms with Gasteiger partial charge in [0.15, 0.2) is 30.5 Å². The number of anilines is 1. The van der Waals surface area contributed by atoms with Crippen molar-refractivity contribution in [2.45, 2.75) is 52.7 Å². The molecule has 0 aliphatic rings. The molecule has 0 radical (unpaired) electrons. The molecule has 0 aliphatic carbocycles. The van der Waals surface area contributed by atoms with Crippen LogP contribution in [0.4, 0.5) is 5.69 Å². The maximum atomic E-state index is 12.8. The average molecular weight is 523 g/mol. The normalized spacial score (nSPS) is 11.4. The Labute approximate surface area is 220 Å². The van der Waals surface area contributed by atoms with Crippen molar-refractivity contribution in [3.8, 4) is 17.6 Å². The second kappa shape index (κ2) is 11.3. The first kappa shape index (κ1) is 28.1. The number of rotatable bonds is 8. The number of nitriles is 1. The van der Waals surface area contributed by atoms with E-state index in [9.17, 15) is 14.4 Å². The standard InChI is InChI=1S/C28H30N2O8/c1-27(2,3)37-24(31)15-34-21-10-8-19(13-22(21)35-16-25(32)38-28(4,5)6)30-26(33)23-12-18-11-17(14-29)7-9-20(18)36-23/h7-13H,15-16H2,1-6H3,(H,30,33). The van der Waals surface area contributed by atoms with Gasteiger partial charge in [0, 0.05) is 17.1 Å². The molecular formula is C28H30N2O8. The minimum absolute atomic E-state index is 0.0385. The molecule has 10 nitrogen and oxygen atoms in total. The van der Waals surface area contributed by atoms with Crippen LogP contribution < -0.4 is 14.8 Å².